The fourth-order valence-electron chi connectivity index (χ4n) is 3.56. The van der Waals surface area contributed by atoms with Gasteiger partial charge in [0.25, 0.3) is 0 Å². The van der Waals surface area contributed by atoms with Gasteiger partial charge in [-0.05, 0) is 55.8 Å². The molecular formula is C27H31NO6. The van der Waals surface area contributed by atoms with Crippen molar-refractivity contribution in [1.29, 1.82) is 0 Å². The van der Waals surface area contributed by atoms with Crippen molar-refractivity contribution in [3.05, 3.63) is 54.6 Å². The number of benzene rings is 2. The van der Waals surface area contributed by atoms with Crippen molar-refractivity contribution in [2.45, 2.75) is 32.8 Å². The smallest absolute Gasteiger partial charge is 0.347 e. The first kappa shape index (κ1) is 24.9. The van der Waals surface area contributed by atoms with E-state index in [1.807, 2.05) is 55.5 Å². The molecule has 7 nitrogen and oxygen atoms in total. The van der Waals surface area contributed by atoms with Crippen LogP contribution in [0.4, 0.5) is 0 Å². The Labute approximate surface area is 200 Å². The average molecular weight is 466 g/mol. The summed E-state index contributed by atoms with van der Waals surface area (Å²) in [7, 11) is 4.80. The third kappa shape index (κ3) is 5.78. The van der Waals surface area contributed by atoms with E-state index in [4.69, 9.17) is 28.7 Å². The summed E-state index contributed by atoms with van der Waals surface area (Å²) in [6.07, 6.45) is 0.604. The van der Waals surface area contributed by atoms with E-state index in [-0.39, 0.29) is 5.97 Å². The van der Waals surface area contributed by atoms with E-state index in [2.05, 4.69) is 0 Å². The van der Waals surface area contributed by atoms with Gasteiger partial charge >= 0.3 is 5.97 Å². The summed E-state index contributed by atoms with van der Waals surface area (Å²) in [6.45, 7) is 4.07. The number of nitrogens with zero attached hydrogens (tertiary/aromatic N) is 1. The highest BCUT2D eigenvalue weighted by Gasteiger charge is 2.23. The van der Waals surface area contributed by atoms with Crippen LogP contribution in [0, 0.1) is 0 Å². The van der Waals surface area contributed by atoms with Crippen LogP contribution in [0.1, 0.15) is 26.7 Å². The summed E-state index contributed by atoms with van der Waals surface area (Å²) in [5.41, 5.74) is 3.17. The number of carbonyl (C=O) groups excluding carboxylic acids is 1. The van der Waals surface area contributed by atoms with Crippen LogP contribution in [0.15, 0.2) is 54.6 Å². The zero-order chi connectivity index (χ0) is 24.5. The number of methoxy groups -OCH3 is 3. The predicted octanol–water partition coefficient (Wildman–Crippen LogP) is 5.55. The Morgan fingerprint density at radius 1 is 0.853 bits per heavy atom. The van der Waals surface area contributed by atoms with Gasteiger partial charge in [-0.2, -0.15) is 0 Å². The molecule has 0 saturated heterocycles. The molecule has 0 amide bonds. The zero-order valence-electron chi connectivity index (χ0n) is 20.3. The summed E-state index contributed by atoms with van der Waals surface area (Å²) in [5.74, 6) is 1.97. The Morgan fingerprint density at radius 3 is 2.29 bits per heavy atom. The number of hydrogen-bond donors (Lipinski definition) is 0. The third-order valence-electron chi connectivity index (χ3n) is 5.26. The summed E-state index contributed by atoms with van der Waals surface area (Å²) in [5, 5.41) is 0. The minimum atomic E-state index is -0.711. The van der Waals surface area contributed by atoms with Crippen molar-refractivity contribution >= 4 is 5.97 Å². The molecule has 7 heteroatoms. The number of esters is 1. The van der Waals surface area contributed by atoms with Crippen LogP contribution >= 0.6 is 0 Å². The largest absolute Gasteiger partial charge is 0.497 e. The van der Waals surface area contributed by atoms with Gasteiger partial charge in [0, 0.05) is 17.2 Å². The zero-order valence-corrected chi connectivity index (χ0v) is 20.3. The lowest BCUT2D eigenvalue weighted by Crippen LogP contribution is -2.29. The number of ether oxygens (including phenoxy) is 5. The molecule has 0 bridgehead atoms. The molecule has 1 atom stereocenters. The van der Waals surface area contributed by atoms with Gasteiger partial charge in [-0.1, -0.05) is 19.4 Å². The lowest BCUT2D eigenvalue weighted by molar-refractivity contribution is -0.151. The highest BCUT2D eigenvalue weighted by molar-refractivity contribution is 5.76. The number of aromatic nitrogens is 1. The average Bonchev–Trinajstić information content (AvgIpc) is 2.88. The second-order valence-electron chi connectivity index (χ2n) is 7.49. The summed E-state index contributed by atoms with van der Waals surface area (Å²) in [4.78, 5) is 17.2. The van der Waals surface area contributed by atoms with E-state index in [0.717, 1.165) is 28.9 Å². The molecule has 0 spiro atoms. The molecule has 0 aliphatic carbocycles. The van der Waals surface area contributed by atoms with Gasteiger partial charge < -0.3 is 23.7 Å². The minimum Gasteiger partial charge on any atom is -0.497 e. The van der Waals surface area contributed by atoms with Crippen LogP contribution in [0.25, 0.3) is 22.5 Å². The molecule has 0 radical (unpaired) electrons. The summed E-state index contributed by atoms with van der Waals surface area (Å²) in [6, 6.07) is 16.9. The second-order valence-corrected chi connectivity index (χ2v) is 7.49. The Balaban J connectivity index is 1.98. The molecule has 1 heterocycles. The van der Waals surface area contributed by atoms with E-state index in [9.17, 15) is 4.79 Å². The van der Waals surface area contributed by atoms with Crippen LogP contribution in [0.5, 0.6) is 23.0 Å². The van der Waals surface area contributed by atoms with Gasteiger partial charge in [-0.15, -0.1) is 0 Å². The van der Waals surface area contributed by atoms with Crippen molar-refractivity contribution in [2.24, 2.45) is 0 Å². The van der Waals surface area contributed by atoms with Crippen LogP contribution in [0.3, 0.4) is 0 Å². The quantitative estimate of drug-likeness (QED) is 0.344. The molecule has 2 aromatic carbocycles. The topological polar surface area (TPSA) is 76.1 Å². The number of pyridine rings is 1. The highest BCUT2D eigenvalue weighted by atomic mass is 16.6. The van der Waals surface area contributed by atoms with Crippen LogP contribution in [-0.4, -0.2) is 45.0 Å². The molecule has 0 saturated carbocycles. The molecule has 0 aliphatic heterocycles. The maximum atomic E-state index is 12.4. The molecule has 0 aliphatic rings. The Kier molecular flexibility index (Phi) is 8.73. The van der Waals surface area contributed by atoms with E-state index >= 15 is 0 Å². The maximum Gasteiger partial charge on any atom is 0.347 e. The third-order valence-corrected chi connectivity index (χ3v) is 5.26. The SMILES string of the molecule is CCCC(Oc1cc(-c2cccc(-c3ccc(OC)cc3OC)n2)ccc1OC)C(=O)OCC. The van der Waals surface area contributed by atoms with Crippen LogP contribution in [0.2, 0.25) is 0 Å². The van der Waals surface area contributed by atoms with E-state index in [1.165, 1.54) is 0 Å². The first-order chi connectivity index (χ1) is 16.5. The molecule has 0 N–H and O–H groups in total. The first-order valence-corrected chi connectivity index (χ1v) is 11.3. The van der Waals surface area contributed by atoms with Gasteiger partial charge in [-0.3, -0.25) is 0 Å². The van der Waals surface area contributed by atoms with Crippen molar-refractivity contribution in [3.8, 4) is 45.5 Å². The van der Waals surface area contributed by atoms with E-state index in [1.54, 1.807) is 34.3 Å². The molecule has 3 rings (SSSR count). The van der Waals surface area contributed by atoms with Gasteiger partial charge in [0.2, 0.25) is 0 Å². The van der Waals surface area contributed by atoms with Crippen molar-refractivity contribution in [1.82, 2.24) is 4.98 Å². The molecule has 1 unspecified atom stereocenters. The fourth-order valence-corrected chi connectivity index (χ4v) is 3.56. The number of carbonyl (C=O) groups is 1. The van der Waals surface area contributed by atoms with Crippen molar-refractivity contribution in [3.63, 3.8) is 0 Å². The van der Waals surface area contributed by atoms with Crippen molar-refractivity contribution < 1.29 is 28.5 Å². The molecule has 1 aromatic heterocycles. The van der Waals surface area contributed by atoms with Crippen LogP contribution in [-0.2, 0) is 9.53 Å². The van der Waals surface area contributed by atoms with Gasteiger partial charge in [0.05, 0.1) is 39.3 Å². The Hall–Kier alpha value is -3.74. The van der Waals surface area contributed by atoms with Gasteiger partial charge in [-0.25, -0.2) is 9.78 Å². The first-order valence-electron chi connectivity index (χ1n) is 11.3. The predicted molar refractivity (Wildman–Crippen MR) is 131 cm³/mol. The second kappa shape index (κ2) is 11.9. The van der Waals surface area contributed by atoms with Crippen LogP contribution < -0.4 is 18.9 Å². The maximum absolute atomic E-state index is 12.4. The molecule has 3 aromatic rings. The molecule has 34 heavy (non-hydrogen) atoms. The Bertz CT molecular complexity index is 1110. The number of hydrogen-bond acceptors (Lipinski definition) is 7. The van der Waals surface area contributed by atoms with Crippen molar-refractivity contribution in [2.75, 3.05) is 27.9 Å². The molecular weight excluding hydrogens is 434 g/mol. The summed E-state index contributed by atoms with van der Waals surface area (Å²) >= 11 is 0. The van der Waals surface area contributed by atoms with Gasteiger partial charge in [0.15, 0.2) is 17.6 Å². The fraction of sp³-hybridized carbons (Fsp3) is 0.333. The summed E-state index contributed by atoms with van der Waals surface area (Å²) < 4.78 is 27.6. The monoisotopic (exact) mass is 465 g/mol. The standard InChI is InChI=1S/C27H31NO6/c1-6-9-24(27(29)33-7-2)34-26-16-18(12-15-23(26)31-4)21-10-8-11-22(28-21)20-14-13-19(30-3)17-25(20)32-5/h8,10-17,24H,6-7,9H2,1-5H3. The van der Waals surface area contributed by atoms with E-state index in [0.29, 0.717) is 36.0 Å². The molecule has 180 valence electrons. The normalized spacial score (nSPS) is 11.4. The molecule has 0 fully saturated rings. The van der Waals surface area contributed by atoms with Gasteiger partial charge in [0.1, 0.15) is 11.5 Å². The minimum absolute atomic E-state index is 0.297. The highest BCUT2D eigenvalue weighted by Crippen LogP contribution is 2.36. The lowest BCUT2D eigenvalue weighted by Gasteiger charge is -2.19. The van der Waals surface area contributed by atoms with E-state index < -0.39 is 6.10 Å². The number of rotatable bonds is 11. The lowest BCUT2D eigenvalue weighted by atomic mass is 10.1. The Morgan fingerprint density at radius 2 is 1.62 bits per heavy atom.